The van der Waals surface area contributed by atoms with Crippen molar-refractivity contribution in [3.05, 3.63) is 21.9 Å². The average Bonchev–Trinajstić information content (AvgIpc) is 2.73. The quantitative estimate of drug-likeness (QED) is 0.623. The van der Waals surface area contributed by atoms with Crippen LogP contribution in [0.5, 0.6) is 0 Å². The molecule has 1 aromatic heterocycles. The minimum Gasteiger partial charge on any atom is -0.376 e. The van der Waals surface area contributed by atoms with Crippen LogP contribution in [-0.2, 0) is 16.1 Å². The third-order valence-electron chi connectivity index (χ3n) is 1.90. The lowest BCUT2D eigenvalue weighted by molar-refractivity contribution is 0.0149. The van der Waals surface area contributed by atoms with Gasteiger partial charge in [0.2, 0.25) is 0 Å². The average molecular weight is 253 g/mol. The first-order valence-electron chi connectivity index (χ1n) is 5.69. The lowest BCUT2D eigenvalue weighted by Crippen LogP contribution is -2.09. The highest BCUT2D eigenvalue weighted by Crippen LogP contribution is 2.16. The topological polar surface area (TPSA) is 44.5 Å². The molecule has 0 bridgehead atoms. The molecule has 0 aliphatic heterocycles. The summed E-state index contributed by atoms with van der Waals surface area (Å²) >= 11 is 1.64. The fourth-order valence-electron chi connectivity index (χ4n) is 1.18. The molecular formula is C13H19NO2S. The zero-order valence-corrected chi connectivity index (χ0v) is 11.2. The summed E-state index contributed by atoms with van der Waals surface area (Å²) in [6.45, 7) is 6.32. The van der Waals surface area contributed by atoms with Gasteiger partial charge in [0.25, 0.3) is 0 Å². The van der Waals surface area contributed by atoms with Crippen molar-refractivity contribution in [3.8, 4) is 11.8 Å². The molecule has 1 rings (SSSR count). The summed E-state index contributed by atoms with van der Waals surface area (Å²) in [6.07, 6.45) is 0.262. The molecular weight excluding hydrogens is 234 g/mol. The van der Waals surface area contributed by atoms with Gasteiger partial charge in [-0.05, 0) is 26.0 Å². The van der Waals surface area contributed by atoms with Gasteiger partial charge in [0.05, 0.1) is 37.3 Å². The summed E-state index contributed by atoms with van der Waals surface area (Å²) in [6, 6.07) is 4.03. The fraction of sp³-hybridized carbons (Fsp3) is 0.538. The molecule has 2 N–H and O–H groups in total. The Bertz CT molecular complexity index is 376. The van der Waals surface area contributed by atoms with Crippen molar-refractivity contribution in [2.75, 3.05) is 19.8 Å². The largest absolute Gasteiger partial charge is 0.376 e. The van der Waals surface area contributed by atoms with Crippen molar-refractivity contribution < 1.29 is 9.47 Å². The molecule has 0 aromatic carbocycles. The van der Waals surface area contributed by atoms with E-state index in [0.29, 0.717) is 26.4 Å². The Morgan fingerprint density at radius 1 is 1.35 bits per heavy atom. The van der Waals surface area contributed by atoms with Crippen LogP contribution < -0.4 is 5.73 Å². The van der Waals surface area contributed by atoms with E-state index in [2.05, 4.69) is 11.8 Å². The van der Waals surface area contributed by atoms with Crippen molar-refractivity contribution in [2.45, 2.75) is 26.6 Å². The van der Waals surface area contributed by atoms with E-state index in [0.717, 1.165) is 4.88 Å². The van der Waals surface area contributed by atoms with Crippen molar-refractivity contribution >= 4 is 11.3 Å². The zero-order chi connectivity index (χ0) is 12.5. The van der Waals surface area contributed by atoms with E-state index >= 15 is 0 Å². The molecule has 0 aliphatic rings. The molecule has 0 radical (unpaired) electrons. The Morgan fingerprint density at radius 2 is 2.18 bits per heavy atom. The Hall–Kier alpha value is -0.860. The highest BCUT2D eigenvalue weighted by atomic mass is 32.1. The molecule has 0 saturated heterocycles. The molecule has 0 saturated carbocycles. The second kappa shape index (κ2) is 8.26. The minimum absolute atomic E-state index is 0.262. The Morgan fingerprint density at radius 3 is 2.88 bits per heavy atom. The molecule has 0 fully saturated rings. The molecule has 1 heterocycles. The van der Waals surface area contributed by atoms with E-state index in [1.54, 1.807) is 11.3 Å². The van der Waals surface area contributed by atoms with Crippen molar-refractivity contribution in [1.29, 1.82) is 0 Å². The predicted octanol–water partition coefficient (Wildman–Crippen LogP) is 2.00. The van der Waals surface area contributed by atoms with E-state index in [9.17, 15) is 0 Å². The van der Waals surface area contributed by atoms with E-state index in [1.807, 2.05) is 26.0 Å². The van der Waals surface area contributed by atoms with Gasteiger partial charge >= 0.3 is 0 Å². The second-order valence-electron chi connectivity index (χ2n) is 3.74. The molecule has 0 aliphatic carbocycles. The summed E-state index contributed by atoms with van der Waals surface area (Å²) in [4.78, 5) is 2.21. The van der Waals surface area contributed by atoms with E-state index in [1.165, 1.54) is 4.88 Å². The first kappa shape index (κ1) is 14.2. The summed E-state index contributed by atoms with van der Waals surface area (Å²) < 4.78 is 10.9. The van der Waals surface area contributed by atoms with Crippen LogP contribution in [0, 0.1) is 11.8 Å². The monoisotopic (exact) mass is 253 g/mol. The summed E-state index contributed by atoms with van der Waals surface area (Å²) in [7, 11) is 0. The molecule has 3 nitrogen and oxygen atoms in total. The van der Waals surface area contributed by atoms with Gasteiger partial charge in [-0.3, -0.25) is 0 Å². The van der Waals surface area contributed by atoms with Crippen molar-refractivity contribution in [2.24, 2.45) is 5.73 Å². The predicted molar refractivity (Wildman–Crippen MR) is 71.0 cm³/mol. The number of hydrogen-bond donors (Lipinski definition) is 1. The number of hydrogen-bond acceptors (Lipinski definition) is 4. The smallest absolute Gasteiger partial charge is 0.0810 e. The highest BCUT2D eigenvalue weighted by Gasteiger charge is 1.98. The highest BCUT2D eigenvalue weighted by molar-refractivity contribution is 7.12. The SMILES string of the molecule is CC(C)OCCOCc1ccc(C#CCN)s1. The van der Waals surface area contributed by atoms with E-state index < -0.39 is 0 Å². The van der Waals surface area contributed by atoms with Gasteiger partial charge in [-0.15, -0.1) is 11.3 Å². The summed E-state index contributed by atoms with van der Waals surface area (Å²) in [5.41, 5.74) is 5.31. The van der Waals surface area contributed by atoms with Gasteiger partial charge in [-0.25, -0.2) is 0 Å². The van der Waals surface area contributed by atoms with Gasteiger partial charge < -0.3 is 15.2 Å². The van der Waals surface area contributed by atoms with Crippen LogP contribution in [0.4, 0.5) is 0 Å². The first-order valence-corrected chi connectivity index (χ1v) is 6.51. The van der Waals surface area contributed by atoms with Crippen molar-refractivity contribution in [1.82, 2.24) is 0 Å². The van der Waals surface area contributed by atoms with Gasteiger partial charge in [-0.1, -0.05) is 11.8 Å². The van der Waals surface area contributed by atoms with E-state index in [-0.39, 0.29) is 6.10 Å². The maximum absolute atomic E-state index is 5.50. The number of nitrogens with two attached hydrogens (primary N) is 1. The molecule has 0 unspecified atom stereocenters. The number of ether oxygens (including phenoxy) is 2. The van der Waals surface area contributed by atoms with Crippen LogP contribution in [-0.4, -0.2) is 25.9 Å². The number of thiophene rings is 1. The molecule has 0 atom stereocenters. The van der Waals surface area contributed by atoms with Crippen LogP contribution >= 0.6 is 11.3 Å². The number of rotatable bonds is 6. The fourth-order valence-corrected chi connectivity index (χ4v) is 2.00. The lowest BCUT2D eigenvalue weighted by atomic mass is 10.4. The van der Waals surface area contributed by atoms with Gasteiger partial charge in [0.15, 0.2) is 0 Å². The molecule has 4 heteroatoms. The van der Waals surface area contributed by atoms with Crippen LogP contribution in [0.15, 0.2) is 12.1 Å². The van der Waals surface area contributed by atoms with Crippen LogP contribution in [0.25, 0.3) is 0 Å². The third kappa shape index (κ3) is 6.44. The zero-order valence-electron chi connectivity index (χ0n) is 10.4. The van der Waals surface area contributed by atoms with Crippen LogP contribution in [0.3, 0.4) is 0 Å². The van der Waals surface area contributed by atoms with E-state index in [4.69, 9.17) is 15.2 Å². The molecule has 94 valence electrons. The Kier molecular flexibility index (Phi) is 6.90. The van der Waals surface area contributed by atoms with Gasteiger partial charge in [-0.2, -0.15) is 0 Å². The first-order chi connectivity index (χ1) is 8.22. The maximum Gasteiger partial charge on any atom is 0.0810 e. The standard InChI is InChI=1S/C13H19NO2S/c1-11(2)16-9-8-15-10-13-6-5-12(17-13)4-3-7-14/h5-6,11H,7-10,14H2,1-2H3. The summed E-state index contributed by atoms with van der Waals surface area (Å²) in [5, 5.41) is 0. The molecule has 17 heavy (non-hydrogen) atoms. The maximum atomic E-state index is 5.50. The van der Waals surface area contributed by atoms with Crippen LogP contribution in [0.2, 0.25) is 0 Å². The lowest BCUT2D eigenvalue weighted by Gasteiger charge is -2.07. The minimum atomic E-state index is 0.262. The normalized spacial score (nSPS) is 10.4. The third-order valence-corrected chi connectivity index (χ3v) is 2.87. The molecule has 1 aromatic rings. The van der Waals surface area contributed by atoms with Crippen LogP contribution in [0.1, 0.15) is 23.6 Å². The summed E-state index contributed by atoms with van der Waals surface area (Å²) in [5.74, 6) is 5.84. The molecule has 0 amide bonds. The second-order valence-corrected chi connectivity index (χ2v) is 4.91. The Balaban J connectivity index is 2.21. The Labute approximate surface area is 107 Å². The molecule has 0 spiro atoms. The van der Waals surface area contributed by atoms with Gasteiger partial charge in [0, 0.05) is 4.88 Å². The van der Waals surface area contributed by atoms with Crippen molar-refractivity contribution in [3.63, 3.8) is 0 Å². The van der Waals surface area contributed by atoms with Gasteiger partial charge in [0.1, 0.15) is 0 Å².